The van der Waals surface area contributed by atoms with Crippen molar-refractivity contribution in [1.29, 1.82) is 0 Å². The number of benzene rings is 1. The Labute approximate surface area is 175 Å². The number of carbonyl (C=O) groups is 2. The fraction of sp³-hybridized carbons (Fsp3) is 0.381. The van der Waals surface area contributed by atoms with Crippen LogP contribution in [0.1, 0.15) is 28.9 Å². The predicted octanol–water partition coefficient (Wildman–Crippen LogP) is 1.95. The van der Waals surface area contributed by atoms with Crippen molar-refractivity contribution < 1.29 is 23.8 Å². The van der Waals surface area contributed by atoms with E-state index in [1.807, 2.05) is 12.1 Å². The van der Waals surface area contributed by atoms with Crippen molar-refractivity contribution >= 4 is 11.9 Å². The molecule has 3 amide bonds. The van der Waals surface area contributed by atoms with Gasteiger partial charge in [0.15, 0.2) is 11.5 Å². The molecule has 2 aromatic rings. The number of methoxy groups -OCH3 is 2. The molecule has 1 saturated heterocycles. The van der Waals surface area contributed by atoms with Crippen LogP contribution in [0.3, 0.4) is 0 Å². The average molecular weight is 414 g/mol. The van der Waals surface area contributed by atoms with E-state index < -0.39 is 5.91 Å². The van der Waals surface area contributed by atoms with Crippen LogP contribution in [-0.4, -0.2) is 55.2 Å². The van der Waals surface area contributed by atoms with Crippen LogP contribution in [-0.2, 0) is 6.54 Å². The smallest absolute Gasteiger partial charge is 0.317 e. The first-order valence-electron chi connectivity index (χ1n) is 9.66. The number of rotatable bonds is 7. The Morgan fingerprint density at radius 1 is 1.20 bits per heavy atom. The number of nitrogens with zero attached hydrogens (tertiary/aromatic N) is 2. The SMILES string of the molecule is COc1ccc(CNC(=O)N2CCCC(Oc3ccnc(C(N)=O)c3)C2)cc1OC. The second-order valence-corrected chi connectivity index (χ2v) is 6.92. The minimum absolute atomic E-state index is 0.146. The molecule has 1 atom stereocenters. The Balaban J connectivity index is 1.55. The highest BCUT2D eigenvalue weighted by molar-refractivity contribution is 5.91. The molecule has 0 bridgehead atoms. The lowest BCUT2D eigenvalue weighted by Crippen LogP contribution is -2.48. The quantitative estimate of drug-likeness (QED) is 0.715. The molecule has 1 fully saturated rings. The topological polar surface area (TPSA) is 116 Å². The summed E-state index contributed by atoms with van der Waals surface area (Å²) in [4.78, 5) is 29.5. The molecule has 9 nitrogen and oxygen atoms in total. The van der Waals surface area contributed by atoms with Gasteiger partial charge >= 0.3 is 6.03 Å². The van der Waals surface area contributed by atoms with E-state index in [0.29, 0.717) is 36.9 Å². The highest BCUT2D eigenvalue weighted by Gasteiger charge is 2.25. The van der Waals surface area contributed by atoms with E-state index in [0.717, 1.165) is 18.4 Å². The lowest BCUT2D eigenvalue weighted by molar-refractivity contribution is 0.0981. The summed E-state index contributed by atoms with van der Waals surface area (Å²) >= 11 is 0. The number of urea groups is 1. The minimum Gasteiger partial charge on any atom is -0.493 e. The van der Waals surface area contributed by atoms with Gasteiger partial charge in [-0.1, -0.05) is 6.07 Å². The Kier molecular flexibility index (Phi) is 6.95. The highest BCUT2D eigenvalue weighted by atomic mass is 16.5. The zero-order chi connectivity index (χ0) is 21.5. The third-order valence-corrected chi connectivity index (χ3v) is 4.84. The van der Waals surface area contributed by atoms with Gasteiger partial charge in [0.25, 0.3) is 5.91 Å². The Bertz CT molecular complexity index is 905. The number of likely N-dealkylation sites (tertiary alicyclic amines) is 1. The van der Waals surface area contributed by atoms with E-state index in [1.54, 1.807) is 31.3 Å². The molecular weight excluding hydrogens is 388 g/mol. The molecule has 0 aliphatic carbocycles. The van der Waals surface area contributed by atoms with Crippen LogP contribution in [0.4, 0.5) is 4.79 Å². The third-order valence-electron chi connectivity index (χ3n) is 4.84. The van der Waals surface area contributed by atoms with Crippen molar-refractivity contribution in [3.63, 3.8) is 0 Å². The number of amides is 3. The lowest BCUT2D eigenvalue weighted by Gasteiger charge is -2.33. The van der Waals surface area contributed by atoms with Gasteiger partial charge in [-0.3, -0.25) is 9.78 Å². The summed E-state index contributed by atoms with van der Waals surface area (Å²) in [5.74, 6) is 1.15. The Morgan fingerprint density at radius 3 is 2.73 bits per heavy atom. The first kappa shape index (κ1) is 21.2. The number of hydrogen-bond donors (Lipinski definition) is 2. The van der Waals surface area contributed by atoms with Gasteiger partial charge in [0.2, 0.25) is 0 Å². The van der Waals surface area contributed by atoms with Gasteiger partial charge in [0.1, 0.15) is 17.5 Å². The zero-order valence-electron chi connectivity index (χ0n) is 17.1. The summed E-state index contributed by atoms with van der Waals surface area (Å²) in [6.45, 7) is 1.47. The van der Waals surface area contributed by atoms with Crippen molar-refractivity contribution in [1.82, 2.24) is 15.2 Å². The van der Waals surface area contributed by atoms with Gasteiger partial charge in [-0.2, -0.15) is 0 Å². The maximum absolute atomic E-state index is 12.6. The van der Waals surface area contributed by atoms with E-state index in [1.165, 1.54) is 12.3 Å². The summed E-state index contributed by atoms with van der Waals surface area (Å²) in [7, 11) is 3.15. The molecule has 0 spiro atoms. The van der Waals surface area contributed by atoms with Gasteiger partial charge in [-0.25, -0.2) is 4.79 Å². The molecule has 0 radical (unpaired) electrons. The number of nitrogens with two attached hydrogens (primary N) is 1. The van der Waals surface area contributed by atoms with Crippen molar-refractivity contribution in [2.75, 3.05) is 27.3 Å². The molecule has 2 heterocycles. The first-order chi connectivity index (χ1) is 14.5. The predicted molar refractivity (Wildman–Crippen MR) is 110 cm³/mol. The molecule has 9 heteroatoms. The summed E-state index contributed by atoms with van der Waals surface area (Å²) < 4.78 is 16.5. The van der Waals surface area contributed by atoms with Crippen LogP contribution in [0.5, 0.6) is 17.2 Å². The van der Waals surface area contributed by atoms with Crippen LogP contribution in [0.2, 0.25) is 0 Å². The summed E-state index contributed by atoms with van der Waals surface area (Å²) in [5, 5.41) is 2.93. The number of primary amides is 1. The number of ether oxygens (including phenoxy) is 3. The lowest BCUT2D eigenvalue weighted by atomic mass is 10.1. The molecule has 1 aliphatic rings. The molecule has 3 rings (SSSR count). The number of pyridine rings is 1. The van der Waals surface area contributed by atoms with Crippen LogP contribution < -0.4 is 25.3 Å². The molecule has 1 aromatic heterocycles. The van der Waals surface area contributed by atoms with E-state index in [4.69, 9.17) is 19.9 Å². The second kappa shape index (κ2) is 9.82. The number of carbonyl (C=O) groups excluding carboxylic acids is 2. The zero-order valence-corrected chi connectivity index (χ0v) is 17.1. The normalized spacial score (nSPS) is 15.9. The fourth-order valence-electron chi connectivity index (χ4n) is 3.31. The molecule has 1 aliphatic heterocycles. The molecule has 1 unspecified atom stereocenters. The fourth-order valence-corrected chi connectivity index (χ4v) is 3.31. The van der Waals surface area contributed by atoms with Crippen molar-refractivity contribution in [2.45, 2.75) is 25.5 Å². The van der Waals surface area contributed by atoms with Gasteiger partial charge in [-0.05, 0) is 36.6 Å². The highest BCUT2D eigenvalue weighted by Crippen LogP contribution is 2.27. The largest absolute Gasteiger partial charge is 0.493 e. The van der Waals surface area contributed by atoms with E-state index in [-0.39, 0.29) is 17.8 Å². The van der Waals surface area contributed by atoms with Crippen LogP contribution >= 0.6 is 0 Å². The molecule has 1 aromatic carbocycles. The Morgan fingerprint density at radius 2 is 2.00 bits per heavy atom. The minimum atomic E-state index is -0.611. The monoisotopic (exact) mass is 414 g/mol. The van der Waals surface area contributed by atoms with Gasteiger partial charge in [0, 0.05) is 25.4 Å². The van der Waals surface area contributed by atoms with Crippen LogP contribution in [0.15, 0.2) is 36.5 Å². The number of piperidine rings is 1. The number of nitrogens with one attached hydrogen (secondary N) is 1. The first-order valence-corrected chi connectivity index (χ1v) is 9.66. The second-order valence-electron chi connectivity index (χ2n) is 6.92. The van der Waals surface area contributed by atoms with Gasteiger partial charge in [-0.15, -0.1) is 0 Å². The standard InChI is InChI=1S/C21H26N4O5/c1-28-18-6-5-14(10-19(18)29-2)12-24-21(27)25-9-3-4-16(13-25)30-15-7-8-23-17(11-15)20(22)26/h5-8,10-11,16H,3-4,9,12-13H2,1-2H3,(H2,22,26)(H,24,27). The molecule has 0 saturated carbocycles. The summed E-state index contributed by atoms with van der Waals surface area (Å²) in [5.41, 5.74) is 6.31. The molecule has 160 valence electrons. The average Bonchev–Trinajstić information content (AvgIpc) is 2.77. The summed E-state index contributed by atoms with van der Waals surface area (Å²) in [6.07, 6.45) is 2.94. The molecular formula is C21H26N4O5. The third kappa shape index (κ3) is 5.31. The molecule has 30 heavy (non-hydrogen) atoms. The van der Waals surface area contributed by atoms with E-state index >= 15 is 0 Å². The Hall–Kier alpha value is -3.49. The van der Waals surface area contributed by atoms with Crippen molar-refractivity contribution in [3.8, 4) is 17.2 Å². The van der Waals surface area contributed by atoms with Crippen molar-refractivity contribution in [2.24, 2.45) is 5.73 Å². The molecule has 3 N–H and O–H groups in total. The van der Waals surface area contributed by atoms with E-state index in [9.17, 15) is 9.59 Å². The number of hydrogen-bond acceptors (Lipinski definition) is 6. The summed E-state index contributed by atoms with van der Waals surface area (Å²) in [6, 6.07) is 8.54. The van der Waals surface area contributed by atoms with Crippen molar-refractivity contribution in [3.05, 3.63) is 47.8 Å². The van der Waals surface area contributed by atoms with Crippen LogP contribution in [0.25, 0.3) is 0 Å². The van der Waals surface area contributed by atoms with Gasteiger partial charge in [0.05, 0.1) is 20.8 Å². The van der Waals surface area contributed by atoms with E-state index in [2.05, 4.69) is 10.3 Å². The number of aromatic nitrogens is 1. The maximum atomic E-state index is 12.6. The van der Waals surface area contributed by atoms with Gasteiger partial charge < -0.3 is 30.2 Å². The maximum Gasteiger partial charge on any atom is 0.317 e. The van der Waals surface area contributed by atoms with Crippen LogP contribution in [0, 0.1) is 0 Å².